The third kappa shape index (κ3) is 5.54. The van der Waals surface area contributed by atoms with E-state index in [0.717, 1.165) is 19.3 Å². The van der Waals surface area contributed by atoms with E-state index in [4.69, 9.17) is 23.2 Å². The van der Waals surface area contributed by atoms with Crippen molar-refractivity contribution in [3.8, 4) is 0 Å². The fourth-order valence-electron chi connectivity index (χ4n) is 3.77. The zero-order valence-corrected chi connectivity index (χ0v) is 19.9. The highest BCUT2D eigenvalue weighted by atomic mass is 35.5. The highest BCUT2D eigenvalue weighted by Crippen LogP contribution is 2.30. The number of hydrogen-bond acceptors (Lipinski definition) is 4. The molecule has 3 rings (SSSR count). The van der Waals surface area contributed by atoms with Crippen molar-refractivity contribution in [2.45, 2.75) is 49.5 Å². The van der Waals surface area contributed by atoms with E-state index in [1.807, 2.05) is 6.92 Å². The zero-order valence-electron chi connectivity index (χ0n) is 17.6. The monoisotopic (exact) mass is 497 g/mol. The van der Waals surface area contributed by atoms with E-state index >= 15 is 0 Å². The van der Waals surface area contributed by atoms with Crippen molar-refractivity contribution in [1.29, 1.82) is 0 Å². The Labute approximate surface area is 197 Å². The van der Waals surface area contributed by atoms with E-state index in [1.54, 1.807) is 12.1 Å². The van der Waals surface area contributed by atoms with Gasteiger partial charge in [-0.3, -0.25) is 14.3 Å². The second-order valence-electron chi connectivity index (χ2n) is 7.72. The number of likely N-dealkylation sites (N-methyl/N-ethyl adjacent to an activating group) is 1. The predicted octanol–water partition coefficient (Wildman–Crippen LogP) is 4.36. The van der Waals surface area contributed by atoms with Crippen molar-refractivity contribution in [3.63, 3.8) is 0 Å². The van der Waals surface area contributed by atoms with Gasteiger partial charge in [0.2, 0.25) is 5.91 Å². The van der Waals surface area contributed by atoms with Crippen LogP contribution in [-0.2, 0) is 14.8 Å². The number of anilines is 1. The molecule has 0 saturated heterocycles. The first-order chi connectivity index (χ1) is 15.2. The molecule has 0 spiro atoms. The Kier molecular flexibility index (Phi) is 7.69. The largest absolute Gasteiger partial charge is 0.354 e. The molecule has 0 unspecified atom stereocenters. The van der Waals surface area contributed by atoms with Crippen molar-refractivity contribution < 1.29 is 18.0 Å². The number of carbonyl (C=O) groups excluding carboxylic acids is 2. The molecular formula is C22H25Cl2N3O4S. The van der Waals surface area contributed by atoms with Gasteiger partial charge >= 0.3 is 0 Å². The lowest BCUT2D eigenvalue weighted by Gasteiger charge is -2.36. The molecule has 3 N–H and O–H groups in total. The molecule has 2 aromatic rings. The summed E-state index contributed by atoms with van der Waals surface area (Å²) in [6.45, 7) is 2.31. The lowest BCUT2D eigenvalue weighted by molar-refractivity contribution is -0.128. The summed E-state index contributed by atoms with van der Waals surface area (Å²) in [5, 5.41) is 6.08. The molecule has 1 aliphatic carbocycles. The molecule has 0 aromatic heterocycles. The van der Waals surface area contributed by atoms with Crippen LogP contribution in [0.5, 0.6) is 0 Å². The summed E-state index contributed by atoms with van der Waals surface area (Å²) < 4.78 is 27.9. The van der Waals surface area contributed by atoms with Gasteiger partial charge in [-0.05, 0) is 56.2 Å². The Morgan fingerprint density at radius 2 is 1.72 bits per heavy atom. The summed E-state index contributed by atoms with van der Waals surface area (Å²) >= 11 is 11.8. The van der Waals surface area contributed by atoms with Crippen LogP contribution in [0.25, 0.3) is 0 Å². The molecule has 0 heterocycles. The van der Waals surface area contributed by atoms with Gasteiger partial charge in [-0.2, -0.15) is 0 Å². The van der Waals surface area contributed by atoms with Gasteiger partial charge in [-0.15, -0.1) is 0 Å². The van der Waals surface area contributed by atoms with Crippen LogP contribution >= 0.6 is 23.2 Å². The SMILES string of the molecule is CCNC(=O)C1(NC(=O)c2cccc(NS(=O)(=O)c3ccc(Cl)c(Cl)c3)c2)CCCCC1. The molecular weight excluding hydrogens is 473 g/mol. The Hall–Kier alpha value is -2.29. The Balaban J connectivity index is 1.80. The van der Waals surface area contributed by atoms with Crippen LogP contribution in [0.1, 0.15) is 49.4 Å². The molecule has 2 aromatic carbocycles. The highest BCUT2D eigenvalue weighted by molar-refractivity contribution is 7.92. The number of nitrogens with one attached hydrogen (secondary N) is 3. The highest BCUT2D eigenvalue weighted by Gasteiger charge is 2.40. The number of carbonyl (C=O) groups is 2. The second-order valence-corrected chi connectivity index (χ2v) is 10.2. The van der Waals surface area contributed by atoms with Crippen molar-refractivity contribution in [3.05, 3.63) is 58.1 Å². The van der Waals surface area contributed by atoms with Crippen LogP contribution in [0, 0.1) is 0 Å². The summed E-state index contributed by atoms with van der Waals surface area (Å²) in [7, 11) is -3.94. The standard InChI is InChI=1S/C22H25Cl2N3O4S/c1-2-25-21(29)22(11-4-3-5-12-22)26-20(28)15-7-6-8-16(13-15)27-32(30,31)17-9-10-18(23)19(24)14-17/h6-10,13-14,27H,2-5,11-12H2,1H3,(H,25,29)(H,26,28). The van der Waals surface area contributed by atoms with Gasteiger partial charge in [0.05, 0.1) is 14.9 Å². The Morgan fingerprint density at radius 3 is 2.38 bits per heavy atom. The molecule has 2 amide bonds. The number of hydrogen-bond donors (Lipinski definition) is 3. The summed E-state index contributed by atoms with van der Waals surface area (Å²) in [5.41, 5.74) is -0.506. The molecule has 10 heteroatoms. The third-order valence-corrected chi connectivity index (χ3v) is 7.53. The molecule has 0 atom stereocenters. The molecule has 0 aliphatic heterocycles. The van der Waals surface area contributed by atoms with Crippen molar-refractivity contribution in [2.24, 2.45) is 0 Å². The number of amides is 2. The third-order valence-electron chi connectivity index (χ3n) is 5.41. The van der Waals surface area contributed by atoms with E-state index in [2.05, 4.69) is 15.4 Å². The first kappa shape index (κ1) is 24.4. The first-order valence-corrected chi connectivity index (χ1v) is 12.6. The fourth-order valence-corrected chi connectivity index (χ4v) is 5.20. The average molecular weight is 498 g/mol. The van der Waals surface area contributed by atoms with Crippen LogP contribution in [0.2, 0.25) is 10.0 Å². The molecule has 1 saturated carbocycles. The summed E-state index contributed by atoms with van der Waals surface area (Å²) in [6, 6.07) is 10.1. The summed E-state index contributed by atoms with van der Waals surface area (Å²) in [5.74, 6) is -0.627. The topological polar surface area (TPSA) is 104 Å². The van der Waals surface area contributed by atoms with Crippen molar-refractivity contribution in [1.82, 2.24) is 10.6 Å². The van der Waals surface area contributed by atoms with Crippen LogP contribution < -0.4 is 15.4 Å². The maximum atomic E-state index is 13.0. The van der Waals surface area contributed by atoms with Gasteiger partial charge in [0, 0.05) is 17.8 Å². The number of benzene rings is 2. The number of halogens is 2. The van der Waals surface area contributed by atoms with Crippen LogP contribution in [0.3, 0.4) is 0 Å². The van der Waals surface area contributed by atoms with Gasteiger partial charge in [0.25, 0.3) is 15.9 Å². The number of rotatable bonds is 7. The molecule has 1 aliphatic rings. The summed E-state index contributed by atoms with van der Waals surface area (Å²) in [4.78, 5) is 25.7. The zero-order chi connectivity index (χ0) is 23.4. The lowest BCUT2D eigenvalue weighted by atomic mass is 9.80. The lowest BCUT2D eigenvalue weighted by Crippen LogP contribution is -2.59. The Bertz CT molecular complexity index is 1120. The van der Waals surface area contributed by atoms with Gasteiger partial charge in [-0.25, -0.2) is 8.42 Å². The second kappa shape index (κ2) is 10.1. The minimum Gasteiger partial charge on any atom is -0.354 e. The minimum absolute atomic E-state index is 0.0563. The molecule has 0 bridgehead atoms. The van der Waals surface area contributed by atoms with E-state index in [0.29, 0.717) is 19.4 Å². The van der Waals surface area contributed by atoms with Gasteiger partial charge < -0.3 is 10.6 Å². The van der Waals surface area contributed by atoms with E-state index in [1.165, 1.54) is 30.3 Å². The summed E-state index contributed by atoms with van der Waals surface area (Å²) in [6.07, 6.45) is 3.84. The molecule has 32 heavy (non-hydrogen) atoms. The van der Waals surface area contributed by atoms with E-state index in [-0.39, 0.29) is 32.1 Å². The van der Waals surface area contributed by atoms with Crippen LogP contribution in [-0.4, -0.2) is 32.3 Å². The predicted molar refractivity (Wildman–Crippen MR) is 126 cm³/mol. The minimum atomic E-state index is -3.94. The van der Waals surface area contributed by atoms with Crippen LogP contribution in [0.4, 0.5) is 5.69 Å². The fraction of sp³-hybridized carbons (Fsp3) is 0.364. The average Bonchev–Trinajstić information content (AvgIpc) is 2.76. The molecule has 7 nitrogen and oxygen atoms in total. The maximum absolute atomic E-state index is 13.0. The van der Waals surface area contributed by atoms with Gasteiger partial charge in [0.1, 0.15) is 5.54 Å². The molecule has 0 radical (unpaired) electrons. The van der Waals surface area contributed by atoms with Crippen molar-refractivity contribution >= 4 is 50.7 Å². The van der Waals surface area contributed by atoms with Gasteiger partial charge in [-0.1, -0.05) is 48.5 Å². The van der Waals surface area contributed by atoms with E-state index in [9.17, 15) is 18.0 Å². The Morgan fingerprint density at radius 1 is 1.00 bits per heavy atom. The van der Waals surface area contributed by atoms with Gasteiger partial charge in [0.15, 0.2) is 0 Å². The van der Waals surface area contributed by atoms with Crippen LogP contribution in [0.15, 0.2) is 47.4 Å². The smallest absolute Gasteiger partial charge is 0.261 e. The number of sulfonamides is 1. The first-order valence-electron chi connectivity index (χ1n) is 10.4. The van der Waals surface area contributed by atoms with E-state index < -0.39 is 21.5 Å². The van der Waals surface area contributed by atoms with Crippen molar-refractivity contribution in [2.75, 3.05) is 11.3 Å². The molecule has 172 valence electrons. The maximum Gasteiger partial charge on any atom is 0.261 e. The quantitative estimate of drug-likeness (QED) is 0.528. The molecule has 1 fully saturated rings. The normalized spacial score (nSPS) is 15.6.